The van der Waals surface area contributed by atoms with Gasteiger partial charge in [0.15, 0.2) is 0 Å². The highest BCUT2D eigenvalue weighted by molar-refractivity contribution is 5.02. The first-order valence-corrected chi connectivity index (χ1v) is 6.48. The second-order valence-corrected chi connectivity index (χ2v) is 5.08. The van der Waals surface area contributed by atoms with Crippen LogP contribution in [0.15, 0.2) is 12.5 Å². The summed E-state index contributed by atoms with van der Waals surface area (Å²) in [6.45, 7) is 8.62. The summed E-state index contributed by atoms with van der Waals surface area (Å²) in [5.41, 5.74) is 7.01. The molecule has 0 aliphatic carbocycles. The average Bonchev–Trinajstić information content (AvgIpc) is 2.72. The van der Waals surface area contributed by atoms with E-state index < -0.39 is 0 Å². The Balaban J connectivity index is 2.29. The first-order valence-electron chi connectivity index (χ1n) is 6.48. The third kappa shape index (κ3) is 4.48. The van der Waals surface area contributed by atoms with Crippen molar-refractivity contribution in [2.24, 2.45) is 5.73 Å². The maximum absolute atomic E-state index is 5.88. The van der Waals surface area contributed by atoms with Crippen molar-refractivity contribution in [2.75, 3.05) is 13.6 Å². The Morgan fingerprint density at radius 1 is 1.35 bits per heavy atom. The van der Waals surface area contributed by atoms with Crippen LogP contribution in [-0.2, 0) is 6.54 Å². The molecule has 4 heteroatoms. The zero-order chi connectivity index (χ0) is 12.8. The Morgan fingerprint density at radius 3 is 2.65 bits per heavy atom. The molecule has 0 unspecified atom stereocenters. The van der Waals surface area contributed by atoms with Crippen LogP contribution in [0.4, 0.5) is 0 Å². The molecule has 1 aromatic heterocycles. The lowest BCUT2D eigenvalue weighted by molar-refractivity contribution is 0.266. The molecule has 0 aliphatic heterocycles. The molecule has 1 atom stereocenters. The fourth-order valence-electron chi connectivity index (χ4n) is 1.80. The van der Waals surface area contributed by atoms with Crippen LogP contribution in [0.1, 0.15) is 45.3 Å². The summed E-state index contributed by atoms with van der Waals surface area (Å²) >= 11 is 0. The monoisotopic (exact) mass is 238 g/mol. The molecule has 2 N–H and O–H groups in total. The van der Waals surface area contributed by atoms with Gasteiger partial charge in [-0.15, -0.1) is 0 Å². The molecule has 0 aliphatic rings. The second-order valence-electron chi connectivity index (χ2n) is 5.08. The topological polar surface area (TPSA) is 47.1 Å². The number of aryl methyl sites for hydroxylation is 1. The van der Waals surface area contributed by atoms with E-state index in [1.54, 1.807) is 0 Å². The molecule has 0 bridgehead atoms. The summed E-state index contributed by atoms with van der Waals surface area (Å²) in [4.78, 5) is 6.53. The highest BCUT2D eigenvalue weighted by Gasteiger charge is 2.06. The van der Waals surface area contributed by atoms with E-state index in [9.17, 15) is 0 Å². The fourth-order valence-corrected chi connectivity index (χ4v) is 1.80. The van der Waals surface area contributed by atoms with Crippen LogP contribution in [0.2, 0.25) is 0 Å². The molecule has 1 heterocycles. The Hall–Kier alpha value is -0.870. The van der Waals surface area contributed by atoms with Gasteiger partial charge >= 0.3 is 0 Å². The number of hydrogen-bond donors (Lipinski definition) is 1. The van der Waals surface area contributed by atoms with Crippen LogP contribution < -0.4 is 5.73 Å². The van der Waals surface area contributed by atoms with Crippen molar-refractivity contribution in [3.05, 3.63) is 18.2 Å². The van der Waals surface area contributed by atoms with Gasteiger partial charge in [0.25, 0.3) is 0 Å². The minimum atomic E-state index is 0.0656. The van der Waals surface area contributed by atoms with Crippen molar-refractivity contribution in [1.82, 2.24) is 14.5 Å². The molecule has 4 nitrogen and oxygen atoms in total. The van der Waals surface area contributed by atoms with E-state index >= 15 is 0 Å². The van der Waals surface area contributed by atoms with Gasteiger partial charge in [0.05, 0.1) is 12.0 Å². The molecule has 0 fully saturated rings. The van der Waals surface area contributed by atoms with Crippen LogP contribution in [0, 0.1) is 0 Å². The number of nitrogens with two attached hydrogens (primary N) is 1. The van der Waals surface area contributed by atoms with Gasteiger partial charge < -0.3 is 15.2 Å². The molecule has 1 rings (SSSR count). The van der Waals surface area contributed by atoms with Crippen molar-refractivity contribution in [1.29, 1.82) is 0 Å². The molecular weight excluding hydrogens is 212 g/mol. The summed E-state index contributed by atoms with van der Waals surface area (Å²) in [6.07, 6.45) is 6.13. The van der Waals surface area contributed by atoms with Gasteiger partial charge in [0.1, 0.15) is 0 Å². The minimum Gasteiger partial charge on any atom is -0.333 e. The van der Waals surface area contributed by atoms with Gasteiger partial charge in [-0.1, -0.05) is 0 Å². The van der Waals surface area contributed by atoms with Gasteiger partial charge in [-0.3, -0.25) is 0 Å². The standard InChI is InChI=1S/C13H26N4/c1-11(2)16(4)7-5-6-8-17-10-15-9-13(17)12(3)14/h9-12H,5-8,14H2,1-4H3/t12-/m1/s1. The predicted molar refractivity (Wildman–Crippen MR) is 71.8 cm³/mol. The Morgan fingerprint density at radius 2 is 2.06 bits per heavy atom. The summed E-state index contributed by atoms with van der Waals surface area (Å²) in [5.74, 6) is 0. The number of rotatable bonds is 7. The first kappa shape index (κ1) is 14.2. The van der Waals surface area contributed by atoms with E-state index in [0.717, 1.165) is 18.8 Å². The number of hydrogen-bond acceptors (Lipinski definition) is 3. The summed E-state index contributed by atoms with van der Waals surface area (Å²) in [7, 11) is 2.18. The maximum Gasteiger partial charge on any atom is 0.0948 e. The first-order chi connectivity index (χ1) is 8.02. The average molecular weight is 238 g/mol. The zero-order valence-electron chi connectivity index (χ0n) is 11.6. The molecule has 1 aromatic rings. The van der Waals surface area contributed by atoms with Crippen LogP contribution in [0.3, 0.4) is 0 Å². The largest absolute Gasteiger partial charge is 0.333 e. The lowest BCUT2D eigenvalue weighted by Gasteiger charge is -2.20. The number of unbranched alkanes of at least 4 members (excludes halogenated alkanes) is 1. The van der Waals surface area contributed by atoms with E-state index in [1.165, 1.54) is 12.8 Å². The Bertz CT molecular complexity index is 317. The SMILES string of the molecule is CC(C)N(C)CCCCn1cncc1[C@@H](C)N. The van der Waals surface area contributed by atoms with Crippen LogP contribution in [-0.4, -0.2) is 34.1 Å². The van der Waals surface area contributed by atoms with E-state index in [-0.39, 0.29) is 6.04 Å². The summed E-state index contributed by atoms with van der Waals surface area (Å²) in [5, 5.41) is 0. The minimum absolute atomic E-state index is 0.0656. The van der Waals surface area contributed by atoms with Crippen molar-refractivity contribution < 1.29 is 0 Å². The molecule has 0 radical (unpaired) electrons. The van der Waals surface area contributed by atoms with E-state index in [2.05, 4.69) is 35.3 Å². The van der Waals surface area contributed by atoms with Crippen molar-refractivity contribution in [3.8, 4) is 0 Å². The number of nitrogens with zero attached hydrogens (tertiary/aromatic N) is 3. The predicted octanol–water partition coefficient (Wildman–Crippen LogP) is 2.02. The third-order valence-electron chi connectivity index (χ3n) is 3.25. The molecule has 98 valence electrons. The molecule has 0 amide bonds. The van der Waals surface area contributed by atoms with Gasteiger partial charge in [-0.25, -0.2) is 4.98 Å². The maximum atomic E-state index is 5.88. The van der Waals surface area contributed by atoms with Crippen LogP contribution in [0.5, 0.6) is 0 Å². The van der Waals surface area contributed by atoms with Gasteiger partial charge in [-0.2, -0.15) is 0 Å². The fraction of sp³-hybridized carbons (Fsp3) is 0.769. The van der Waals surface area contributed by atoms with Gasteiger partial charge in [0.2, 0.25) is 0 Å². The van der Waals surface area contributed by atoms with Crippen molar-refractivity contribution >= 4 is 0 Å². The highest BCUT2D eigenvalue weighted by Crippen LogP contribution is 2.10. The van der Waals surface area contributed by atoms with Crippen LogP contribution >= 0.6 is 0 Å². The summed E-state index contributed by atoms with van der Waals surface area (Å²) in [6, 6.07) is 0.693. The van der Waals surface area contributed by atoms with Crippen molar-refractivity contribution in [2.45, 2.75) is 52.2 Å². The second kappa shape index (κ2) is 6.77. The Labute approximate surface area is 105 Å². The molecule has 0 aromatic carbocycles. The highest BCUT2D eigenvalue weighted by atomic mass is 15.1. The lowest BCUT2D eigenvalue weighted by Crippen LogP contribution is -2.27. The number of imidazole rings is 1. The quantitative estimate of drug-likeness (QED) is 0.739. The van der Waals surface area contributed by atoms with Crippen molar-refractivity contribution in [3.63, 3.8) is 0 Å². The number of aromatic nitrogens is 2. The summed E-state index contributed by atoms with van der Waals surface area (Å²) < 4.78 is 2.17. The lowest BCUT2D eigenvalue weighted by atomic mass is 10.2. The van der Waals surface area contributed by atoms with E-state index in [4.69, 9.17) is 5.73 Å². The molecule has 0 saturated carbocycles. The molecule has 17 heavy (non-hydrogen) atoms. The van der Waals surface area contributed by atoms with Gasteiger partial charge in [0, 0.05) is 24.8 Å². The van der Waals surface area contributed by atoms with Crippen LogP contribution in [0.25, 0.3) is 0 Å². The van der Waals surface area contributed by atoms with E-state index in [1.807, 2.05) is 19.4 Å². The molecule has 0 spiro atoms. The third-order valence-corrected chi connectivity index (χ3v) is 3.25. The Kier molecular flexibility index (Phi) is 5.65. The normalized spacial score (nSPS) is 13.6. The smallest absolute Gasteiger partial charge is 0.0948 e. The zero-order valence-corrected chi connectivity index (χ0v) is 11.6. The molecular formula is C13H26N4. The van der Waals surface area contributed by atoms with E-state index in [0.29, 0.717) is 6.04 Å². The van der Waals surface area contributed by atoms with Gasteiger partial charge in [-0.05, 0) is 47.2 Å². The molecule has 0 saturated heterocycles.